The minimum Gasteiger partial charge on any atom is -0.478 e. The van der Waals surface area contributed by atoms with E-state index in [0.717, 1.165) is 18.2 Å². The number of hydrogen-bond donors (Lipinski definition) is 2. The van der Waals surface area contributed by atoms with Gasteiger partial charge < -0.3 is 20.1 Å². The molecule has 1 saturated heterocycles. The first-order valence-corrected chi connectivity index (χ1v) is 6.67. The van der Waals surface area contributed by atoms with Crippen LogP contribution in [0.5, 0.6) is 0 Å². The van der Waals surface area contributed by atoms with Crippen molar-refractivity contribution in [2.24, 2.45) is 0 Å². The van der Waals surface area contributed by atoms with Crippen molar-refractivity contribution in [1.82, 2.24) is 4.90 Å². The molecule has 7 heteroatoms. The van der Waals surface area contributed by atoms with E-state index in [1.165, 1.54) is 4.90 Å². The lowest BCUT2D eigenvalue weighted by Gasteiger charge is -2.23. The fraction of sp³-hybridized carbons (Fsp3) is 0.429. The Hall–Kier alpha value is -2.15. The second-order valence-corrected chi connectivity index (χ2v) is 4.91. The smallest absolute Gasteiger partial charge is 0.337 e. The molecule has 1 fully saturated rings. The number of amides is 2. The van der Waals surface area contributed by atoms with Gasteiger partial charge >= 0.3 is 12.0 Å². The third-order valence-electron chi connectivity index (χ3n) is 3.19. The van der Waals surface area contributed by atoms with Crippen molar-refractivity contribution in [1.29, 1.82) is 0 Å². The van der Waals surface area contributed by atoms with E-state index in [1.807, 2.05) is 6.92 Å². The normalized spacial score (nSPS) is 19.0. The van der Waals surface area contributed by atoms with Crippen LogP contribution in [0.3, 0.4) is 0 Å². The quantitative estimate of drug-likeness (QED) is 0.876. The van der Waals surface area contributed by atoms with Gasteiger partial charge in [0.05, 0.1) is 17.4 Å². The fourth-order valence-corrected chi connectivity index (χ4v) is 2.18. The number of urea groups is 1. The highest BCUT2D eigenvalue weighted by molar-refractivity contribution is 6.00. The lowest BCUT2D eigenvalue weighted by atomic mass is 10.1. The Morgan fingerprint density at radius 1 is 1.48 bits per heavy atom. The highest BCUT2D eigenvalue weighted by Crippen LogP contribution is 2.18. The maximum atomic E-state index is 13.3. The highest BCUT2D eigenvalue weighted by atomic mass is 19.1. The van der Waals surface area contributed by atoms with E-state index in [-0.39, 0.29) is 17.4 Å². The summed E-state index contributed by atoms with van der Waals surface area (Å²) in [5, 5.41) is 11.5. The summed E-state index contributed by atoms with van der Waals surface area (Å²) < 4.78 is 18.7. The van der Waals surface area contributed by atoms with Crippen molar-refractivity contribution in [2.75, 3.05) is 25.0 Å². The minimum atomic E-state index is -1.22. The van der Waals surface area contributed by atoms with E-state index >= 15 is 0 Å². The zero-order valence-corrected chi connectivity index (χ0v) is 11.6. The van der Waals surface area contributed by atoms with Gasteiger partial charge in [-0.1, -0.05) is 0 Å². The van der Waals surface area contributed by atoms with Crippen LogP contribution in [0.25, 0.3) is 0 Å². The van der Waals surface area contributed by atoms with E-state index in [4.69, 9.17) is 9.84 Å². The monoisotopic (exact) mass is 296 g/mol. The van der Waals surface area contributed by atoms with Crippen molar-refractivity contribution in [3.63, 3.8) is 0 Å². The SMILES string of the molecule is CC1CN(C(=O)Nc2cc(F)ccc2C(=O)O)CCCO1. The molecule has 2 amide bonds. The van der Waals surface area contributed by atoms with Gasteiger partial charge in [0.1, 0.15) is 5.82 Å². The number of hydrogen-bond acceptors (Lipinski definition) is 3. The first kappa shape index (κ1) is 15.2. The standard InChI is InChI=1S/C14H17FN2O4/c1-9-8-17(5-2-6-21-9)14(20)16-12-7-10(15)3-4-11(12)13(18)19/h3-4,7,9H,2,5-6,8H2,1H3,(H,16,20)(H,18,19). The number of benzene rings is 1. The maximum absolute atomic E-state index is 13.3. The first-order valence-electron chi connectivity index (χ1n) is 6.67. The van der Waals surface area contributed by atoms with E-state index < -0.39 is 17.8 Å². The third kappa shape index (κ3) is 3.91. The Labute approximate surface area is 121 Å². The van der Waals surface area contributed by atoms with E-state index in [1.54, 1.807) is 0 Å². The van der Waals surface area contributed by atoms with Gasteiger partial charge in [0.2, 0.25) is 0 Å². The predicted octanol–water partition coefficient (Wildman–Crippen LogP) is 2.17. The lowest BCUT2D eigenvalue weighted by Crippen LogP contribution is -2.39. The molecule has 0 saturated carbocycles. The van der Waals surface area contributed by atoms with Crippen LogP contribution in [0.15, 0.2) is 18.2 Å². The molecular weight excluding hydrogens is 279 g/mol. The number of rotatable bonds is 2. The Balaban J connectivity index is 2.15. The van der Waals surface area contributed by atoms with Gasteiger partial charge in [-0.3, -0.25) is 0 Å². The largest absolute Gasteiger partial charge is 0.478 e. The Morgan fingerprint density at radius 3 is 2.95 bits per heavy atom. The average molecular weight is 296 g/mol. The van der Waals surface area contributed by atoms with Gasteiger partial charge in [0.25, 0.3) is 0 Å². The van der Waals surface area contributed by atoms with Crippen LogP contribution in [0.2, 0.25) is 0 Å². The molecule has 2 N–H and O–H groups in total. The molecule has 1 aliphatic rings. The number of carbonyl (C=O) groups excluding carboxylic acids is 1. The van der Waals surface area contributed by atoms with Gasteiger partial charge in [-0.15, -0.1) is 0 Å². The second-order valence-electron chi connectivity index (χ2n) is 4.91. The molecule has 0 aliphatic carbocycles. The maximum Gasteiger partial charge on any atom is 0.337 e. The summed E-state index contributed by atoms with van der Waals surface area (Å²) in [6, 6.07) is 2.71. The molecule has 0 aromatic heterocycles. The first-order chi connectivity index (χ1) is 9.97. The number of carbonyl (C=O) groups is 2. The van der Waals surface area contributed by atoms with Crippen molar-refractivity contribution < 1.29 is 23.8 Å². The highest BCUT2D eigenvalue weighted by Gasteiger charge is 2.21. The zero-order valence-electron chi connectivity index (χ0n) is 11.6. The van der Waals surface area contributed by atoms with Crippen molar-refractivity contribution in [2.45, 2.75) is 19.4 Å². The molecule has 0 radical (unpaired) electrons. The molecule has 6 nitrogen and oxygen atoms in total. The van der Waals surface area contributed by atoms with Gasteiger partial charge in [-0.25, -0.2) is 14.0 Å². The van der Waals surface area contributed by atoms with Crippen LogP contribution < -0.4 is 5.32 Å². The number of halogens is 1. The lowest BCUT2D eigenvalue weighted by molar-refractivity contribution is 0.0696. The van der Waals surface area contributed by atoms with Crippen molar-refractivity contribution in [3.8, 4) is 0 Å². The summed E-state index contributed by atoms with van der Waals surface area (Å²) in [6.07, 6.45) is 0.608. The third-order valence-corrected chi connectivity index (χ3v) is 3.19. The summed E-state index contributed by atoms with van der Waals surface area (Å²) >= 11 is 0. The van der Waals surface area contributed by atoms with Gasteiger partial charge in [-0.2, -0.15) is 0 Å². The fourth-order valence-electron chi connectivity index (χ4n) is 2.18. The number of nitrogens with zero attached hydrogens (tertiary/aromatic N) is 1. The second kappa shape index (κ2) is 6.53. The van der Waals surface area contributed by atoms with Gasteiger partial charge in [0.15, 0.2) is 0 Å². The molecule has 1 aromatic carbocycles. The molecule has 1 aliphatic heterocycles. The average Bonchev–Trinajstić information content (AvgIpc) is 2.63. The van der Waals surface area contributed by atoms with Crippen molar-refractivity contribution in [3.05, 3.63) is 29.6 Å². The van der Waals surface area contributed by atoms with Crippen LogP contribution in [-0.2, 0) is 4.74 Å². The summed E-state index contributed by atoms with van der Waals surface area (Å²) in [5.41, 5.74) is -0.200. The number of carboxylic acid groups (broad SMARTS) is 1. The number of anilines is 1. The van der Waals surface area contributed by atoms with Gasteiger partial charge in [0, 0.05) is 19.7 Å². The Kier molecular flexibility index (Phi) is 4.74. The molecule has 0 bridgehead atoms. The summed E-state index contributed by atoms with van der Waals surface area (Å²) in [6.45, 7) is 3.35. The zero-order chi connectivity index (χ0) is 15.4. The minimum absolute atomic E-state index is 0.0506. The molecule has 1 atom stereocenters. The number of ether oxygens (including phenoxy) is 1. The van der Waals surface area contributed by atoms with Crippen LogP contribution in [0.4, 0.5) is 14.9 Å². The molecule has 114 valence electrons. The number of nitrogens with one attached hydrogen (secondary N) is 1. The van der Waals surface area contributed by atoms with Crippen molar-refractivity contribution >= 4 is 17.7 Å². The van der Waals surface area contributed by atoms with Crippen LogP contribution >= 0.6 is 0 Å². The molecule has 21 heavy (non-hydrogen) atoms. The van der Waals surface area contributed by atoms with E-state index in [2.05, 4.69) is 5.32 Å². The summed E-state index contributed by atoms with van der Waals surface area (Å²) in [4.78, 5) is 24.8. The molecular formula is C14H17FN2O4. The Bertz CT molecular complexity index is 550. The van der Waals surface area contributed by atoms with Crippen LogP contribution in [-0.4, -0.2) is 47.8 Å². The number of aromatic carboxylic acids is 1. The molecule has 1 aromatic rings. The summed E-state index contributed by atoms with van der Waals surface area (Å²) in [5.74, 6) is -1.83. The molecule has 2 rings (SSSR count). The topological polar surface area (TPSA) is 78.9 Å². The van der Waals surface area contributed by atoms with E-state index in [9.17, 15) is 14.0 Å². The molecule has 1 heterocycles. The summed E-state index contributed by atoms with van der Waals surface area (Å²) in [7, 11) is 0. The predicted molar refractivity (Wildman–Crippen MR) is 74.0 cm³/mol. The van der Waals surface area contributed by atoms with Crippen LogP contribution in [0, 0.1) is 5.82 Å². The molecule has 0 spiro atoms. The Morgan fingerprint density at radius 2 is 2.24 bits per heavy atom. The molecule has 1 unspecified atom stereocenters. The number of carboxylic acids is 1. The van der Waals surface area contributed by atoms with E-state index in [0.29, 0.717) is 26.1 Å². The van der Waals surface area contributed by atoms with Crippen LogP contribution in [0.1, 0.15) is 23.7 Å². The van der Waals surface area contributed by atoms with Gasteiger partial charge in [-0.05, 0) is 31.5 Å².